The van der Waals surface area contributed by atoms with E-state index in [9.17, 15) is 0 Å². The molecule has 1 aromatic rings. The van der Waals surface area contributed by atoms with E-state index in [2.05, 4.69) is 36.6 Å². The van der Waals surface area contributed by atoms with Crippen LogP contribution in [-0.4, -0.2) is 9.78 Å². The molecular weight excluding hydrogens is 184 g/mol. The lowest BCUT2D eigenvalue weighted by molar-refractivity contribution is 0.214. The summed E-state index contributed by atoms with van der Waals surface area (Å²) in [6.07, 6.45) is 6.79. The van der Waals surface area contributed by atoms with Crippen LogP contribution in [0.25, 0.3) is 0 Å². The summed E-state index contributed by atoms with van der Waals surface area (Å²) < 4.78 is 2.28. The summed E-state index contributed by atoms with van der Waals surface area (Å²) in [6.45, 7) is 6.59. The van der Waals surface area contributed by atoms with Crippen molar-refractivity contribution in [1.29, 1.82) is 0 Å². The topological polar surface area (TPSA) is 17.8 Å². The average Bonchev–Trinajstić information content (AvgIpc) is 2.57. The zero-order valence-corrected chi connectivity index (χ0v) is 10.2. The third-order valence-corrected chi connectivity index (χ3v) is 3.75. The van der Waals surface area contributed by atoms with E-state index in [0.29, 0.717) is 6.04 Å². The monoisotopic (exact) mass is 206 g/mol. The molecular formula is C13H22N2. The van der Waals surface area contributed by atoms with Gasteiger partial charge in [-0.05, 0) is 38.7 Å². The summed E-state index contributed by atoms with van der Waals surface area (Å²) in [7, 11) is 0. The molecule has 1 heterocycles. The number of aryl methyl sites for hydroxylation is 2. The molecule has 2 atom stereocenters. The first-order valence-corrected chi connectivity index (χ1v) is 6.25. The van der Waals surface area contributed by atoms with Crippen molar-refractivity contribution in [3.05, 3.63) is 17.5 Å². The quantitative estimate of drug-likeness (QED) is 0.722. The summed E-state index contributed by atoms with van der Waals surface area (Å²) in [6, 6.07) is 2.86. The standard InChI is InChI=1S/C13H22N2/c1-4-12-7-5-6-8-13(12)15-11(3)9-10(2)14-15/h9,12-13H,4-8H2,1-3H3. The predicted molar refractivity (Wildman–Crippen MR) is 63.0 cm³/mol. The van der Waals surface area contributed by atoms with Crippen LogP contribution in [0.3, 0.4) is 0 Å². The Morgan fingerprint density at radius 1 is 1.33 bits per heavy atom. The number of hydrogen-bond acceptors (Lipinski definition) is 1. The Bertz CT molecular complexity index is 327. The number of aromatic nitrogens is 2. The van der Waals surface area contributed by atoms with Crippen molar-refractivity contribution in [1.82, 2.24) is 9.78 Å². The zero-order chi connectivity index (χ0) is 10.8. The van der Waals surface area contributed by atoms with Crippen LogP contribution in [0.4, 0.5) is 0 Å². The Kier molecular flexibility index (Phi) is 3.13. The van der Waals surface area contributed by atoms with Crippen LogP contribution in [0.1, 0.15) is 56.5 Å². The third-order valence-electron chi connectivity index (χ3n) is 3.75. The molecule has 1 saturated carbocycles. The van der Waals surface area contributed by atoms with Crippen LogP contribution < -0.4 is 0 Å². The van der Waals surface area contributed by atoms with Crippen LogP contribution in [0.2, 0.25) is 0 Å². The second-order valence-corrected chi connectivity index (χ2v) is 4.89. The molecule has 1 aromatic heterocycles. The maximum absolute atomic E-state index is 4.65. The van der Waals surface area contributed by atoms with Gasteiger partial charge in [0.2, 0.25) is 0 Å². The molecule has 0 aliphatic heterocycles. The first-order chi connectivity index (χ1) is 7.22. The Balaban J connectivity index is 2.23. The molecule has 2 rings (SSSR count). The molecule has 2 nitrogen and oxygen atoms in total. The fourth-order valence-electron chi connectivity index (χ4n) is 2.97. The van der Waals surface area contributed by atoms with Crippen LogP contribution in [0, 0.1) is 19.8 Å². The van der Waals surface area contributed by atoms with Crippen LogP contribution in [0.15, 0.2) is 6.07 Å². The van der Waals surface area contributed by atoms with Gasteiger partial charge in [-0.15, -0.1) is 0 Å². The van der Waals surface area contributed by atoms with E-state index in [1.54, 1.807) is 0 Å². The van der Waals surface area contributed by atoms with E-state index < -0.39 is 0 Å². The Morgan fingerprint density at radius 3 is 2.67 bits per heavy atom. The molecule has 0 saturated heterocycles. The zero-order valence-electron chi connectivity index (χ0n) is 10.2. The molecule has 0 aromatic carbocycles. The van der Waals surface area contributed by atoms with E-state index in [0.717, 1.165) is 11.6 Å². The molecule has 2 unspecified atom stereocenters. The van der Waals surface area contributed by atoms with E-state index in [1.807, 2.05) is 0 Å². The average molecular weight is 206 g/mol. The molecule has 0 bridgehead atoms. The molecule has 0 N–H and O–H groups in total. The number of rotatable bonds is 2. The largest absolute Gasteiger partial charge is 0.266 e. The van der Waals surface area contributed by atoms with Gasteiger partial charge in [-0.2, -0.15) is 5.10 Å². The second kappa shape index (κ2) is 4.38. The number of hydrogen-bond donors (Lipinski definition) is 0. The highest BCUT2D eigenvalue weighted by atomic mass is 15.3. The second-order valence-electron chi connectivity index (χ2n) is 4.89. The van der Waals surface area contributed by atoms with E-state index in [1.165, 1.54) is 37.8 Å². The van der Waals surface area contributed by atoms with Gasteiger partial charge in [0.05, 0.1) is 11.7 Å². The maximum Gasteiger partial charge on any atom is 0.0596 e. The van der Waals surface area contributed by atoms with Crippen molar-refractivity contribution >= 4 is 0 Å². The minimum Gasteiger partial charge on any atom is -0.266 e. The maximum atomic E-state index is 4.65. The molecule has 84 valence electrons. The van der Waals surface area contributed by atoms with Gasteiger partial charge in [-0.3, -0.25) is 4.68 Å². The molecule has 0 radical (unpaired) electrons. The van der Waals surface area contributed by atoms with Gasteiger partial charge >= 0.3 is 0 Å². The van der Waals surface area contributed by atoms with Gasteiger partial charge < -0.3 is 0 Å². The lowest BCUT2D eigenvalue weighted by Gasteiger charge is -2.31. The van der Waals surface area contributed by atoms with Gasteiger partial charge in [-0.1, -0.05) is 26.2 Å². The van der Waals surface area contributed by atoms with Crippen LogP contribution in [-0.2, 0) is 0 Å². The molecule has 1 fully saturated rings. The molecule has 1 aliphatic carbocycles. The third kappa shape index (κ3) is 2.09. The van der Waals surface area contributed by atoms with E-state index in [-0.39, 0.29) is 0 Å². The van der Waals surface area contributed by atoms with Gasteiger partial charge in [-0.25, -0.2) is 0 Å². The summed E-state index contributed by atoms with van der Waals surface area (Å²) in [5.41, 5.74) is 2.49. The number of nitrogens with zero attached hydrogens (tertiary/aromatic N) is 2. The van der Waals surface area contributed by atoms with E-state index >= 15 is 0 Å². The molecule has 2 heteroatoms. The van der Waals surface area contributed by atoms with Crippen molar-refractivity contribution in [2.24, 2.45) is 5.92 Å². The lowest BCUT2D eigenvalue weighted by Crippen LogP contribution is -2.24. The van der Waals surface area contributed by atoms with Crippen molar-refractivity contribution in [3.63, 3.8) is 0 Å². The Morgan fingerprint density at radius 2 is 2.07 bits per heavy atom. The summed E-state index contributed by atoms with van der Waals surface area (Å²) >= 11 is 0. The Hall–Kier alpha value is -0.790. The first kappa shape index (κ1) is 10.7. The van der Waals surface area contributed by atoms with Gasteiger partial charge in [0.25, 0.3) is 0 Å². The summed E-state index contributed by atoms with van der Waals surface area (Å²) in [4.78, 5) is 0. The lowest BCUT2D eigenvalue weighted by atomic mass is 9.83. The van der Waals surface area contributed by atoms with Crippen LogP contribution in [0.5, 0.6) is 0 Å². The first-order valence-electron chi connectivity index (χ1n) is 6.25. The van der Waals surface area contributed by atoms with Gasteiger partial charge in [0.15, 0.2) is 0 Å². The highest BCUT2D eigenvalue weighted by molar-refractivity contribution is 5.08. The van der Waals surface area contributed by atoms with E-state index in [4.69, 9.17) is 0 Å². The fraction of sp³-hybridized carbons (Fsp3) is 0.769. The van der Waals surface area contributed by atoms with Crippen LogP contribution >= 0.6 is 0 Å². The molecule has 15 heavy (non-hydrogen) atoms. The fourth-order valence-corrected chi connectivity index (χ4v) is 2.97. The van der Waals surface area contributed by atoms with Crippen molar-refractivity contribution in [3.8, 4) is 0 Å². The van der Waals surface area contributed by atoms with Crippen molar-refractivity contribution in [2.45, 2.75) is 58.9 Å². The highest BCUT2D eigenvalue weighted by Crippen LogP contribution is 2.36. The minimum absolute atomic E-state index is 0.664. The van der Waals surface area contributed by atoms with Gasteiger partial charge in [0, 0.05) is 5.69 Å². The minimum atomic E-state index is 0.664. The van der Waals surface area contributed by atoms with Crippen molar-refractivity contribution < 1.29 is 0 Å². The molecule has 0 amide bonds. The molecule has 1 aliphatic rings. The predicted octanol–water partition coefficient (Wildman–Crippen LogP) is 3.64. The Labute approximate surface area is 92.7 Å². The highest BCUT2D eigenvalue weighted by Gasteiger charge is 2.26. The normalized spacial score (nSPS) is 26.9. The summed E-state index contributed by atoms with van der Waals surface area (Å²) in [5, 5.41) is 4.65. The SMILES string of the molecule is CCC1CCCCC1n1nc(C)cc1C. The molecule has 0 spiro atoms. The van der Waals surface area contributed by atoms with Crippen molar-refractivity contribution in [2.75, 3.05) is 0 Å². The smallest absolute Gasteiger partial charge is 0.0596 e. The summed E-state index contributed by atoms with van der Waals surface area (Å²) in [5.74, 6) is 0.844. The van der Waals surface area contributed by atoms with Gasteiger partial charge in [0.1, 0.15) is 0 Å².